The van der Waals surface area contributed by atoms with Crippen LogP contribution >= 0.6 is 0 Å². The Balaban J connectivity index is 2.03. The molecule has 1 aromatic carbocycles. The molecule has 0 radical (unpaired) electrons. The zero-order valence-corrected chi connectivity index (χ0v) is 12.3. The van der Waals surface area contributed by atoms with Gasteiger partial charge in [-0.15, -0.1) is 0 Å². The highest BCUT2D eigenvalue weighted by Gasteiger charge is 2.19. The third-order valence-electron chi connectivity index (χ3n) is 4.79. The standard InChI is InChI=1S/C17H24N2/c1-12-5-4-6-15-16(13(2)19(3)17(12)15)11-14-7-9-18-10-8-14/h4-6,14,18H,7-11H2,1-3H3. The van der Waals surface area contributed by atoms with Crippen molar-refractivity contribution in [2.75, 3.05) is 13.1 Å². The Kier molecular flexibility index (Phi) is 3.36. The van der Waals surface area contributed by atoms with E-state index in [0.717, 1.165) is 5.92 Å². The zero-order valence-electron chi connectivity index (χ0n) is 12.3. The summed E-state index contributed by atoms with van der Waals surface area (Å²) in [4.78, 5) is 0. The second kappa shape index (κ2) is 5.01. The second-order valence-electron chi connectivity index (χ2n) is 5.99. The maximum atomic E-state index is 3.46. The molecule has 1 aliphatic heterocycles. The first-order chi connectivity index (χ1) is 9.18. The predicted molar refractivity (Wildman–Crippen MR) is 81.7 cm³/mol. The fourth-order valence-corrected chi connectivity index (χ4v) is 3.54. The van der Waals surface area contributed by atoms with Crippen molar-refractivity contribution in [2.24, 2.45) is 13.0 Å². The van der Waals surface area contributed by atoms with E-state index in [1.807, 2.05) is 0 Å². The van der Waals surface area contributed by atoms with Crippen LogP contribution in [-0.4, -0.2) is 17.7 Å². The minimum Gasteiger partial charge on any atom is -0.347 e. The maximum Gasteiger partial charge on any atom is 0.0512 e. The van der Waals surface area contributed by atoms with Gasteiger partial charge in [-0.3, -0.25) is 0 Å². The first-order valence-corrected chi connectivity index (χ1v) is 7.42. The normalized spacial score (nSPS) is 17.2. The fourth-order valence-electron chi connectivity index (χ4n) is 3.54. The molecular weight excluding hydrogens is 232 g/mol. The summed E-state index contributed by atoms with van der Waals surface area (Å²) in [5.41, 5.74) is 5.83. The van der Waals surface area contributed by atoms with E-state index in [0.29, 0.717) is 0 Å². The molecule has 0 amide bonds. The van der Waals surface area contributed by atoms with Crippen LogP contribution in [0.15, 0.2) is 18.2 Å². The highest BCUT2D eigenvalue weighted by Crippen LogP contribution is 2.30. The van der Waals surface area contributed by atoms with Gasteiger partial charge >= 0.3 is 0 Å². The van der Waals surface area contributed by atoms with E-state index in [1.165, 1.54) is 54.5 Å². The van der Waals surface area contributed by atoms with E-state index < -0.39 is 0 Å². The molecule has 0 bridgehead atoms. The van der Waals surface area contributed by atoms with Crippen LogP contribution in [0.4, 0.5) is 0 Å². The molecule has 1 fully saturated rings. The lowest BCUT2D eigenvalue weighted by Gasteiger charge is -2.22. The molecule has 1 N–H and O–H groups in total. The number of nitrogens with one attached hydrogen (secondary N) is 1. The third-order valence-corrected chi connectivity index (χ3v) is 4.79. The van der Waals surface area contributed by atoms with Gasteiger partial charge in [0.25, 0.3) is 0 Å². The van der Waals surface area contributed by atoms with Gasteiger partial charge in [0.1, 0.15) is 0 Å². The SMILES string of the molecule is Cc1cccc2c(CC3CCNCC3)c(C)n(C)c12. The number of fused-ring (bicyclic) bond motifs is 1. The van der Waals surface area contributed by atoms with Crippen molar-refractivity contribution in [3.05, 3.63) is 35.0 Å². The van der Waals surface area contributed by atoms with Crippen molar-refractivity contribution < 1.29 is 0 Å². The molecule has 0 aliphatic carbocycles. The van der Waals surface area contributed by atoms with Gasteiger partial charge < -0.3 is 9.88 Å². The van der Waals surface area contributed by atoms with Gasteiger partial charge in [0.2, 0.25) is 0 Å². The predicted octanol–water partition coefficient (Wildman–Crippen LogP) is 3.34. The van der Waals surface area contributed by atoms with Crippen molar-refractivity contribution in [1.29, 1.82) is 0 Å². The first-order valence-electron chi connectivity index (χ1n) is 7.42. The molecule has 19 heavy (non-hydrogen) atoms. The van der Waals surface area contributed by atoms with E-state index in [-0.39, 0.29) is 0 Å². The maximum absolute atomic E-state index is 3.46. The summed E-state index contributed by atoms with van der Waals surface area (Å²) in [5, 5.41) is 4.93. The lowest BCUT2D eigenvalue weighted by atomic mass is 9.90. The first kappa shape index (κ1) is 12.7. The Bertz CT molecular complexity index is 589. The van der Waals surface area contributed by atoms with Crippen LogP contribution in [0.1, 0.15) is 29.7 Å². The summed E-state index contributed by atoms with van der Waals surface area (Å²) in [6, 6.07) is 6.71. The minimum absolute atomic E-state index is 0.853. The largest absolute Gasteiger partial charge is 0.347 e. The van der Waals surface area contributed by atoms with Crippen LogP contribution < -0.4 is 5.32 Å². The molecule has 2 aromatic rings. The number of piperidine rings is 1. The topological polar surface area (TPSA) is 17.0 Å². The van der Waals surface area contributed by atoms with Gasteiger partial charge in [-0.25, -0.2) is 0 Å². The van der Waals surface area contributed by atoms with Crippen LogP contribution in [-0.2, 0) is 13.5 Å². The zero-order chi connectivity index (χ0) is 13.4. The van der Waals surface area contributed by atoms with E-state index in [2.05, 4.69) is 49.0 Å². The highest BCUT2D eigenvalue weighted by molar-refractivity contribution is 5.88. The molecule has 0 saturated carbocycles. The Labute approximate surface area is 115 Å². The number of benzene rings is 1. The molecule has 1 aromatic heterocycles. The molecule has 0 spiro atoms. The quantitative estimate of drug-likeness (QED) is 0.872. The lowest BCUT2D eigenvalue weighted by Crippen LogP contribution is -2.28. The summed E-state index contributed by atoms with van der Waals surface area (Å²) in [6.07, 6.45) is 3.89. The number of aromatic nitrogens is 1. The summed E-state index contributed by atoms with van der Waals surface area (Å²) in [5.74, 6) is 0.853. The smallest absolute Gasteiger partial charge is 0.0512 e. The molecule has 102 valence electrons. The molecule has 3 rings (SSSR count). The van der Waals surface area contributed by atoms with Crippen molar-refractivity contribution in [3.8, 4) is 0 Å². The number of aryl methyl sites for hydroxylation is 2. The summed E-state index contributed by atoms with van der Waals surface area (Å²) >= 11 is 0. The van der Waals surface area contributed by atoms with Crippen LogP contribution in [0, 0.1) is 19.8 Å². The van der Waals surface area contributed by atoms with Crippen molar-refractivity contribution in [2.45, 2.75) is 33.1 Å². The Morgan fingerprint density at radius 2 is 1.95 bits per heavy atom. The molecule has 2 nitrogen and oxygen atoms in total. The van der Waals surface area contributed by atoms with Gasteiger partial charge in [-0.05, 0) is 63.2 Å². The van der Waals surface area contributed by atoms with Gasteiger partial charge in [0, 0.05) is 18.1 Å². The van der Waals surface area contributed by atoms with E-state index in [4.69, 9.17) is 0 Å². The second-order valence-corrected chi connectivity index (χ2v) is 5.99. The van der Waals surface area contributed by atoms with Crippen molar-refractivity contribution in [1.82, 2.24) is 9.88 Å². The van der Waals surface area contributed by atoms with Crippen LogP contribution in [0.5, 0.6) is 0 Å². The average Bonchev–Trinajstić information content (AvgIpc) is 2.66. The molecule has 1 saturated heterocycles. The van der Waals surface area contributed by atoms with Crippen molar-refractivity contribution >= 4 is 10.9 Å². The summed E-state index contributed by atoms with van der Waals surface area (Å²) in [7, 11) is 2.20. The molecule has 0 unspecified atom stereocenters. The molecule has 0 atom stereocenters. The number of rotatable bonds is 2. The number of para-hydroxylation sites is 1. The van der Waals surface area contributed by atoms with Gasteiger partial charge in [-0.2, -0.15) is 0 Å². The Hall–Kier alpha value is -1.28. The fraction of sp³-hybridized carbons (Fsp3) is 0.529. The van der Waals surface area contributed by atoms with Gasteiger partial charge in [0.05, 0.1) is 5.52 Å². The molecule has 2 heteroatoms. The van der Waals surface area contributed by atoms with Gasteiger partial charge in [-0.1, -0.05) is 18.2 Å². The molecule has 1 aliphatic rings. The average molecular weight is 256 g/mol. The highest BCUT2D eigenvalue weighted by atomic mass is 14.9. The lowest BCUT2D eigenvalue weighted by molar-refractivity contribution is 0.373. The van der Waals surface area contributed by atoms with Gasteiger partial charge in [0.15, 0.2) is 0 Å². The van der Waals surface area contributed by atoms with E-state index in [9.17, 15) is 0 Å². The van der Waals surface area contributed by atoms with E-state index >= 15 is 0 Å². The molecular formula is C17H24N2. The number of nitrogens with zero attached hydrogens (tertiary/aromatic N) is 1. The van der Waals surface area contributed by atoms with Crippen LogP contribution in [0.25, 0.3) is 10.9 Å². The summed E-state index contributed by atoms with van der Waals surface area (Å²) in [6.45, 7) is 6.87. The molecule has 2 heterocycles. The monoisotopic (exact) mass is 256 g/mol. The minimum atomic E-state index is 0.853. The summed E-state index contributed by atoms with van der Waals surface area (Å²) < 4.78 is 2.38. The van der Waals surface area contributed by atoms with Crippen LogP contribution in [0.3, 0.4) is 0 Å². The Morgan fingerprint density at radius 3 is 2.68 bits per heavy atom. The van der Waals surface area contributed by atoms with E-state index in [1.54, 1.807) is 5.56 Å². The third kappa shape index (κ3) is 2.18. The van der Waals surface area contributed by atoms with Crippen LogP contribution in [0.2, 0.25) is 0 Å². The number of hydrogen-bond donors (Lipinski definition) is 1. The van der Waals surface area contributed by atoms with Crippen molar-refractivity contribution in [3.63, 3.8) is 0 Å². The number of hydrogen-bond acceptors (Lipinski definition) is 1. The Morgan fingerprint density at radius 1 is 1.21 bits per heavy atom.